The maximum absolute atomic E-state index is 13.4. The molecule has 1 heterocycles. The Balaban J connectivity index is 1.75. The molecular formula is C24H30N2O5S. The van der Waals surface area contributed by atoms with Crippen molar-refractivity contribution < 1.29 is 22.7 Å². The summed E-state index contributed by atoms with van der Waals surface area (Å²) < 4.78 is 33.1. The lowest BCUT2D eigenvalue weighted by Gasteiger charge is -2.32. The Hall–Kier alpha value is -2.71. The third-order valence-corrected chi connectivity index (χ3v) is 7.45. The lowest BCUT2D eigenvalue weighted by molar-refractivity contribution is -0.151. The molecule has 1 aliphatic rings. The number of hydrogen-bond donors (Lipinski definition) is 0. The Kier molecular flexibility index (Phi) is 8.04. The van der Waals surface area contributed by atoms with Gasteiger partial charge in [0.05, 0.1) is 24.0 Å². The number of aryl methyl sites for hydroxylation is 1. The number of likely N-dealkylation sites (tertiary alicyclic amines) is 1. The van der Waals surface area contributed by atoms with Crippen molar-refractivity contribution in [2.45, 2.75) is 38.1 Å². The maximum Gasteiger partial charge on any atom is 0.309 e. The van der Waals surface area contributed by atoms with Gasteiger partial charge in [0.15, 0.2) is 0 Å². The Labute approximate surface area is 190 Å². The van der Waals surface area contributed by atoms with Gasteiger partial charge >= 0.3 is 5.97 Å². The van der Waals surface area contributed by atoms with Crippen LogP contribution in [0.15, 0.2) is 59.5 Å². The molecule has 0 aliphatic carbocycles. The number of nitrogens with zero attached hydrogens (tertiary/aromatic N) is 2. The van der Waals surface area contributed by atoms with E-state index in [-0.39, 0.29) is 35.8 Å². The van der Waals surface area contributed by atoms with Crippen molar-refractivity contribution >= 4 is 21.9 Å². The van der Waals surface area contributed by atoms with Crippen molar-refractivity contribution in [3.63, 3.8) is 0 Å². The van der Waals surface area contributed by atoms with E-state index < -0.39 is 10.0 Å². The van der Waals surface area contributed by atoms with Crippen LogP contribution in [0.2, 0.25) is 0 Å². The molecular weight excluding hydrogens is 428 g/mol. The molecule has 0 bridgehead atoms. The molecule has 1 aliphatic heterocycles. The first kappa shape index (κ1) is 23.9. The Bertz CT molecular complexity index is 1010. The lowest BCUT2D eigenvalue weighted by Crippen LogP contribution is -2.46. The number of ether oxygens (including phenoxy) is 1. The average Bonchev–Trinajstić information content (AvgIpc) is 2.80. The van der Waals surface area contributed by atoms with E-state index in [1.807, 2.05) is 37.3 Å². The predicted octanol–water partition coefficient (Wildman–Crippen LogP) is 2.99. The normalized spacial score (nSPS) is 15.0. The fourth-order valence-corrected chi connectivity index (χ4v) is 5.13. The molecule has 172 valence electrons. The van der Waals surface area contributed by atoms with Gasteiger partial charge in [-0.2, -0.15) is 4.31 Å². The van der Waals surface area contributed by atoms with Crippen LogP contribution >= 0.6 is 0 Å². The van der Waals surface area contributed by atoms with E-state index in [1.54, 1.807) is 36.1 Å². The number of benzene rings is 2. The highest BCUT2D eigenvalue weighted by molar-refractivity contribution is 7.89. The molecule has 0 aromatic heterocycles. The van der Waals surface area contributed by atoms with Crippen LogP contribution in [-0.4, -0.2) is 55.7 Å². The number of carbonyl (C=O) groups is 2. The van der Waals surface area contributed by atoms with Crippen molar-refractivity contribution in [3.05, 3.63) is 65.7 Å². The molecule has 8 heteroatoms. The molecule has 7 nitrogen and oxygen atoms in total. The second-order valence-corrected chi connectivity index (χ2v) is 9.92. The summed E-state index contributed by atoms with van der Waals surface area (Å²) in [6, 6.07) is 15.9. The number of piperidine rings is 1. The summed E-state index contributed by atoms with van der Waals surface area (Å²) in [5.74, 6) is -0.707. The van der Waals surface area contributed by atoms with Crippen molar-refractivity contribution in [1.29, 1.82) is 0 Å². The van der Waals surface area contributed by atoms with Gasteiger partial charge in [0.25, 0.3) is 0 Å². The van der Waals surface area contributed by atoms with Crippen LogP contribution in [0.4, 0.5) is 0 Å². The van der Waals surface area contributed by atoms with E-state index in [4.69, 9.17) is 4.74 Å². The second kappa shape index (κ2) is 10.7. The monoisotopic (exact) mass is 458 g/mol. The lowest BCUT2D eigenvalue weighted by atomic mass is 9.97. The number of hydrogen-bond acceptors (Lipinski definition) is 5. The standard InChI is InChI=1S/C24H30N2O5S/c1-3-31-24(28)21-13-15-25(16-14-21)23(27)18-26(17-20-7-5-4-6-8-20)32(29,30)22-11-9-19(2)10-12-22/h4-12,21H,3,13-18H2,1-2H3. The molecule has 0 unspecified atom stereocenters. The predicted molar refractivity (Wildman–Crippen MR) is 121 cm³/mol. The summed E-state index contributed by atoms with van der Waals surface area (Å²) in [6.45, 7) is 4.66. The van der Waals surface area contributed by atoms with Gasteiger partial charge in [-0.15, -0.1) is 0 Å². The molecule has 1 amide bonds. The van der Waals surface area contributed by atoms with Gasteiger partial charge in [-0.05, 0) is 44.4 Å². The zero-order valence-corrected chi connectivity index (χ0v) is 19.4. The Morgan fingerprint density at radius 1 is 1.03 bits per heavy atom. The number of amides is 1. The van der Waals surface area contributed by atoms with Crippen LogP contribution < -0.4 is 0 Å². The van der Waals surface area contributed by atoms with E-state index in [9.17, 15) is 18.0 Å². The Morgan fingerprint density at radius 2 is 1.66 bits per heavy atom. The van der Waals surface area contributed by atoms with Gasteiger partial charge < -0.3 is 9.64 Å². The third-order valence-electron chi connectivity index (χ3n) is 5.64. The molecule has 2 aromatic rings. The maximum atomic E-state index is 13.4. The quantitative estimate of drug-likeness (QED) is 0.568. The molecule has 0 spiro atoms. The van der Waals surface area contributed by atoms with Crippen molar-refractivity contribution in [2.75, 3.05) is 26.2 Å². The first-order chi connectivity index (χ1) is 15.3. The van der Waals surface area contributed by atoms with Gasteiger partial charge in [-0.25, -0.2) is 8.42 Å². The second-order valence-electron chi connectivity index (χ2n) is 7.98. The summed E-state index contributed by atoms with van der Waals surface area (Å²) in [4.78, 5) is 26.8. The first-order valence-corrected chi connectivity index (χ1v) is 12.3. The first-order valence-electron chi connectivity index (χ1n) is 10.9. The smallest absolute Gasteiger partial charge is 0.309 e. The van der Waals surface area contributed by atoms with Crippen LogP contribution in [0, 0.1) is 12.8 Å². The largest absolute Gasteiger partial charge is 0.466 e. The van der Waals surface area contributed by atoms with Gasteiger partial charge in [0.1, 0.15) is 0 Å². The summed E-state index contributed by atoms with van der Waals surface area (Å²) >= 11 is 0. The number of esters is 1. The summed E-state index contributed by atoms with van der Waals surface area (Å²) in [5.41, 5.74) is 1.76. The van der Waals surface area contributed by atoms with E-state index in [0.29, 0.717) is 32.5 Å². The highest BCUT2D eigenvalue weighted by Crippen LogP contribution is 2.22. The number of carbonyl (C=O) groups excluding carboxylic acids is 2. The molecule has 1 fully saturated rings. The van der Waals surface area contributed by atoms with E-state index >= 15 is 0 Å². The summed E-state index contributed by atoms with van der Waals surface area (Å²) in [5, 5.41) is 0. The number of rotatable bonds is 8. The zero-order chi connectivity index (χ0) is 23.1. The molecule has 3 rings (SSSR count). The fourth-order valence-electron chi connectivity index (χ4n) is 3.75. The Morgan fingerprint density at radius 3 is 2.25 bits per heavy atom. The third kappa shape index (κ3) is 5.95. The topological polar surface area (TPSA) is 84.0 Å². The van der Waals surface area contributed by atoms with E-state index in [1.165, 1.54) is 4.31 Å². The highest BCUT2D eigenvalue weighted by Gasteiger charge is 2.32. The van der Waals surface area contributed by atoms with Crippen molar-refractivity contribution in [3.8, 4) is 0 Å². The number of sulfonamides is 1. The summed E-state index contributed by atoms with van der Waals surface area (Å²) in [6.07, 6.45) is 1.04. The van der Waals surface area contributed by atoms with Crippen molar-refractivity contribution in [2.24, 2.45) is 5.92 Å². The fraction of sp³-hybridized carbons (Fsp3) is 0.417. The van der Waals surface area contributed by atoms with Gasteiger partial charge in [0.2, 0.25) is 15.9 Å². The van der Waals surface area contributed by atoms with Crippen LogP contribution in [0.1, 0.15) is 30.9 Å². The minimum atomic E-state index is -3.87. The summed E-state index contributed by atoms with van der Waals surface area (Å²) in [7, 11) is -3.87. The van der Waals surface area contributed by atoms with Gasteiger partial charge in [0, 0.05) is 19.6 Å². The molecule has 0 radical (unpaired) electrons. The van der Waals surface area contributed by atoms with Gasteiger partial charge in [-0.3, -0.25) is 9.59 Å². The van der Waals surface area contributed by atoms with E-state index in [2.05, 4.69) is 0 Å². The molecule has 1 saturated heterocycles. The molecule has 2 aromatic carbocycles. The highest BCUT2D eigenvalue weighted by atomic mass is 32.2. The minimum absolute atomic E-state index is 0.0993. The van der Waals surface area contributed by atoms with Crippen molar-refractivity contribution in [1.82, 2.24) is 9.21 Å². The molecule has 32 heavy (non-hydrogen) atoms. The van der Waals surface area contributed by atoms with Crippen LogP contribution in [-0.2, 0) is 30.9 Å². The molecule has 0 saturated carbocycles. The molecule has 0 N–H and O–H groups in total. The van der Waals surface area contributed by atoms with Crippen LogP contribution in [0.25, 0.3) is 0 Å². The SMILES string of the molecule is CCOC(=O)C1CCN(C(=O)CN(Cc2ccccc2)S(=O)(=O)c2ccc(C)cc2)CC1. The van der Waals surface area contributed by atoms with Crippen LogP contribution in [0.5, 0.6) is 0 Å². The zero-order valence-electron chi connectivity index (χ0n) is 18.6. The average molecular weight is 459 g/mol. The minimum Gasteiger partial charge on any atom is -0.466 e. The van der Waals surface area contributed by atoms with Crippen LogP contribution in [0.3, 0.4) is 0 Å². The molecule has 0 atom stereocenters. The van der Waals surface area contributed by atoms with Gasteiger partial charge in [-0.1, -0.05) is 48.0 Å². The van der Waals surface area contributed by atoms with E-state index in [0.717, 1.165) is 11.1 Å².